The lowest BCUT2D eigenvalue weighted by Crippen LogP contribution is -2.53. The number of rotatable bonds is 1. The summed E-state index contributed by atoms with van der Waals surface area (Å²) in [6, 6.07) is 6.20. The van der Waals surface area contributed by atoms with Crippen LogP contribution in [0.5, 0.6) is 0 Å². The van der Waals surface area contributed by atoms with Crippen LogP contribution in [0.2, 0.25) is 0 Å². The molecule has 3 heterocycles. The molecule has 5 rings (SSSR count). The van der Waals surface area contributed by atoms with E-state index in [9.17, 15) is 4.79 Å². The van der Waals surface area contributed by atoms with Gasteiger partial charge in [-0.2, -0.15) is 0 Å². The summed E-state index contributed by atoms with van der Waals surface area (Å²) in [5.41, 5.74) is 1.33. The smallest absolute Gasteiger partial charge is 0.250 e. The van der Waals surface area contributed by atoms with Crippen LogP contribution in [0.15, 0.2) is 35.1 Å². The van der Waals surface area contributed by atoms with Gasteiger partial charge in [0, 0.05) is 43.4 Å². The van der Waals surface area contributed by atoms with Crippen LogP contribution >= 0.6 is 12.2 Å². The quantitative estimate of drug-likeness (QED) is 0.627. The Morgan fingerprint density at radius 1 is 1.12 bits per heavy atom. The highest BCUT2D eigenvalue weighted by Crippen LogP contribution is 2.39. The lowest BCUT2D eigenvalue weighted by Gasteiger charge is -2.44. The highest BCUT2D eigenvalue weighted by atomic mass is 32.1. The lowest BCUT2D eigenvalue weighted by atomic mass is 9.83. The standard InChI is InChI=1S/C19H23N3OS/c23-18-3-1-2-17-15-7-13(10-22(17)18)9-21(11-15)19(24)20-16-8-12-4-5-14(16)6-12/h1-5,12-16H,6-11H2,(H,20,24)/t12-,13+,14-,15+,16-/m0/s1. The first-order chi connectivity index (χ1) is 11.7. The van der Waals surface area contributed by atoms with Crippen LogP contribution in [-0.4, -0.2) is 33.7 Å². The highest BCUT2D eigenvalue weighted by molar-refractivity contribution is 7.80. The molecule has 4 bridgehead atoms. The molecule has 1 saturated heterocycles. The number of aromatic nitrogens is 1. The molecule has 2 aliphatic heterocycles. The van der Waals surface area contributed by atoms with E-state index in [1.54, 1.807) is 6.07 Å². The summed E-state index contributed by atoms with van der Waals surface area (Å²) >= 11 is 5.75. The van der Waals surface area contributed by atoms with E-state index in [-0.39, 0.29) is 5.56 Å². The number of nitrogens with zero attached hydrogens (tertiary/aromatic N) is 2. The van der Waals surface area contributed by atoms with Gasteiger partial charge in [-0.25, -0.2) is 0 Å². The molecule has 24 heavy (non-hydrogen) atoms. The first-order valence-corrected chi connectivity index (χ1v) is 9.51. The number of fused-ring (bicyclic) bond motifs is 6. The molecule has 0 amide bonds. The topological polar surface area (TPSA) is 37.3 Å². The fourth-order valence-electron chi connectivity index (χ4n) is 5.26. The number of allylic oxidation sites excluding steroid dienone is 1. The second-order valence-electron chi connectivity index (χ2n) is 7.94. The predicted octanol–water partition coefficient (Wildman–Crippen LogP) is 2.11. The molecule has 1 saturated carbocycles. The number of hydrogen-bond donors (Lipinski definition) is 1. The minimum absolute atomic E-state index is 0.144. The number of nitrogens with one attached hydrogen (secondary N) is 1. The fraction of sp³-hybridized carbons (Fsp3) is 0.579. The van der Waals surface area contributed by atoms with Gasteiger partial charge in [0.1, 0.15) is 0 Å². The van der Waals surface area contributed by atoms with Gasteiger partial charge in [0.2, 0.25) is 0 Å². The Hall–Kier alpha value is -1.62. The molecular weight excluding hydrogens is 318 g/mol. The molecule has 4 aliphatic rings. The van der Waals surface area contributed by atoms with Crippen molar-refractivity contribution in [1.82, 2.24) is 14.8 Å². The summed E-state index contributed by atoms with van der Waals surface area (Å²) in [7, 11) is 0. The van der Waals surface area contributed by atoms with E-state index in [1.165, 1.54) is 25.0 Å². The number of pyridine rings is 1. The van der Waals surface area contributed by atoms with Crippen molar-refractivity contribution in [2.24, 2.45) is 17.8 Å². The maximum absolute atomic E-state index is 12.1. The molecule has 5 atom stereocenters. The molecule has 4 nitrogen and oxygen atoms in total. The van der Waals surface area contributed by atoms with Crippen molar-refractivity contribution in [3.63, 3.8) is 0 Å². The summed E-state index contributed by atoms with van der Waals surface area (Å²) < 4.78 is 1.98. The van der Waals surface area contributed by atoms with Crippen molar-refractivity contribution < 1.29 is 0 Å². The van der Waals surface area contributed by atoms with Gasteiger partial charge in [-0.15, -0.1) is 0 Å². The van der Waals surface area contributed by atoms with Crippen LogP contribution < -0.4 is 10.9 Å². The molecule has 0 unspecified atom stereocenters. The average Bonchev–Trinajstić information content (AvgIpc) is 3.18. The maximum Gasteiger partial charge on any atom is 0.250 e. The van der Waals surface area contributed by atoms with E-state index in [0.717, 1.165) is 30.7 Å². The summed E-state index contributed by atoms with van der Waals surface area (Å²) in [6.45, 7) is 2.74. The Labute approximate surface area is 147 Å². The van der Waals surface area contributed by atoms with Crippen LogP contribution in [0.4, 0.5) is 0 Å². The van der Waals surface area contributed by atoms with Gasteiger partial charge >= 0.3 is 0 Å². The number of hydrogen-bond acceptors (Lipinski definition) is 2. The van der Waals surface area contributed by atoms with Crippen molar-refractivity contribution in [1.29, 1.82) is 0 Å². The van der Waals surface area contributed by atoms with Crippen molar-refractivity contribution in [3.8, 4) is 0 Å². The Kier molecular flexibility index (Phi) is 3.34. The van der Waals surface area contributed by atoms with Gasteiger partial charge in [0.05, 0.1) is 0 Å². The molecule has 2 fully saturated rings. The Balaban J connectivity index is 1.32. The third-order valence-electron chi connectivity index (χ3n) is 6.35. The van der Waals surface area contributed by atoms with E-state index in [2.05, 4.69) is 28.4 Å². The first-order valence-electron chi connectivity index (χ1n) is 9.11. The number of thiocarbonyl (C=S) groups is 1. The number of piperidine rings is 1. The Morgan fingerprint density at radius 3 is 2.83 bits per heavy atom. The molecule has 126 valence electrons. The minimum Gasteiger partial charge on any atom is -0.359 e. The molecule has 0 spiro atoms. The molecule has 1 aromatic rings. The third-order valence-corrected chi connectivity index (χ3v) is 6.73. The third kappa shape index (κ3) is 2.32. The van der Waals surface area contributed by atoms with E-state index in [4.69, 9.17) is 12.2 Å². The molecular formula is C19H23N3OS. The van der Waals surface area contributed by atoms with Crippen LogP contribution in [0, 0.1) is 17.8 Å². The van der Waals surface area contributed by atoms with Gasteiger partial charge in [-0.3, -0.25) is 4.79 Å². The summed E-state index contributed by atoms with van der Waals surface area (Å²) in [4.78, 5) is 14.5. The van der Waals surface area contributed by atoms with Gasteiger partial charge in [-0.05, 0) is 55.3 Å². The van der Waals surface area contributed by atoms with Crippen molar-refractivity contribution in [2.75, 3.05) is 13.1 Å². The SMILES string of the molecule is O=c1cccc2n1C[C@@H]1C[C@@H]2CN(C(=S)N[C@H]2C[C@H]3C=C[C@H]2C3)C1. The van der Waals surface area contributed by atoms with Crippen LogP contribution in [0.3, 0.4) is 0 Å². The first kappa shape index (κ1) is 14.7. The van der Waals surface area contributed by atoms with E-state index >= 15 is 0 Å². The number of likely N-dealkylation sites (tertiary alicyclic amines) is 1. The van der Waals surface area contributed by atoms with E-state index < -0.39 is 0 Å². The summed E-state index contributed by atoms with van der Waals surface area (Å²) in [5, 5.41) is 4.56. The Bertz CT molecular complexity index is 770. The van der Waals surface area contributed by atoms with Gasteiger partial charge in [-0.1, -0.05) is 18.2 Å². The van der Waals surface area contributed by atoms with E-state index in [0.29, 0.717) is 23.8 Å². The van der Waals surface area contributed by atoms with Gasteiger partial charge < -0.3 is 14.8 Å². The van der Waals surface area contributed by atoms with Crippen LogP contribution in [-0.2, 0) is 6.54 Å². The fourth-order valence-corrected chi connectivity index (χ4v) is 5.56. The molecule has 2 aliphatic carbocycles. The van der Waals surface area contributed by atoms with Crippen molar-refractivity contribution in [2.45, 2.75) is 37.8 Å². The molecule has 1 N–H and O–H groups in total. The maximum atomic E-state index is 12.1. The van der Waals surface area contributed by atoms with Crippen molar-refractivity contribution in [3.05, 3.63) is 46.4 Å². The second-order valence-corrected chi connectivity index (χ2v) is 8.33. The molecule has 5 heteroatoms. The zero-order valence-electron chi connectivity index (χ0n) is 13.7. The second kappa shape index (κ2) is 5.45. The average molecular weight is 341 g/mol. The van der Waals surface area contributed by atoms with Gasteiger partial charge in [0.25, 0.3) is 5.56 Å². The molecule has 1 aromatic heterocycles. The molecule has 0 radical (unpaired) electrons. The zero-order valence-corrected chi connectivity index (χ0v) is 14.5. The lowest BCUT2D eigenvalue weighted by molar-refractivity contribution is 0.176. The normalized spacial score (nSPS) is 35.8. The predicted molar refractivity (Wildman–Crippen MR) is 98.0 cm³/mol. The minimum atomic E-state index is 0.144. The Morgan fingerprint density at radius 2 is 2.04 bits per heavy atom. The summed E-state index contributed by atoms with van der Waals surface area (Å²) in [6.07, 6.45) is 8.43. The van der Waals surface area contributed by atoms with E-state index in [1.807, 2.05) is 10.6 Å². The largest absolute Gasteiger partial charge is 0.359 e. The van der Waals surface area contributed by atoms with Gasteiger partial charge in [0.15, 0.2) is 5.11 Å². The zero-order chi connectivity index (χ0) is 16.3. The monoisotopic (exact) mass is 341 g/mol. The van der Waals surface area contributed by atoms with Crippen LogP contribution in [0.1, 0.15) is 30.9 Å². The molecule has 0 aromatic carbocycles. The summed E-state index contributed by atoms with van der Waals surface area (Å²) in [5.74, 6) is 2.37. The van der Waals surface area contributed by atoms with Crippen LogP contribution in [0.25, 0.3) is 0 Å². The highest BCUT2D eigenvalue weighted by Gasteiger charge is 2.38. The van der Waals surface area contributed by atoms with Crippen molar-refractivity contribution >= 4 is 17.3 Å².